The molecule has 3 aliphatic rings. The summed E-state index contributed by atoms with van der Waals surface area (Å²) in [4.78, 5) is 57.0. The van der Waals surface area contributed by atoms with E-state index < -0.39 is 69.7 Å². The Balaban J connectivity index is 0.00000308. The van der Waals surface area contributed by atoms with Crippen LogP contribution in [0.5, 0.6) is 5.75 Å². The first-order chi connectivity index (χ1) is 18.4. The van der Waals surface area contributed by atoms with Crippen molar-refractivity contribution >= 4 is 71.4 Å². The Hall–Kier alpha value is -2.94. The van der Waals surface area contributed by atoms with E-state index in [0.717, 1.165) is 0 Å². The van der Waals surface area contributed by atoms with Crippen LogP contribution in [0, 0.1) is 11.8 Å². The number of nitrogens with zero attached hydrogens (tertiary/aromatic N) is 2. The van der Waals surface area contributed by atoms with Crippen LogP contribution in [0.2, 0.25) is 5.15 Å². The maximum absolute atomic E-state index is 13.9. The molecule has 3 aliphatic carbocycles. The molecule has 16 heteroatoms. The van der Waals surface area contributed by atoms with Crippen molar-refractivity contribution in [3.8, 4) is 5.75 Å². The molecular formula is C26H34Cl3N5O8. The number of aromatic nitrogens is 1. The van der Waals surface area contributed by atoms with E-state index in [2.05, 4.69) is 15.6 Å². The Bertz CT molecular complexity index is 1420. The number of likely N-dealkylation sites (N-methyl/N-ethyl adjacent to an activating group) is 1. The minimum absolute atomic E-state index is 0. The molecule has 2 amide bonds. The number of Topliss-reactive ketones (excluding diaryl/α,β-unsaturated/α-hetero) is 2. The lowest BCUT2D eigenvalue weighted by Gasteiger charge is -2.50. The quantitative estimate of drug-likeness (QED) is 0.177. The van der Waals surface area contributed by atoms with Gasteiger partial charge in [0.15, 0.2) is 23.0 Å². The van der Waals surface area contributed by atoms with Crippen LogP contribution >= 0.6 is 36.4 Å². The third-order valence-electron chi connectivity index (χ3n) is 7.57. The van der Waals surface area contributed by atoms with Gasteiger partial charge in [-0.2, -0.15) is 0 Å². The Morgan fingerprint density at radius 3 is 2.29 bits per heavy atom. The third kappa shape index (κ3) is 5.56. The summed E-state index contributed by atoms with van der Waals surface area (Å²) >= 11 is 6.41. The van der Waals surface area contributed by atoms with E-state index in [1.807, 2.05) is 20.8 Å². The van der Waals surface area contributed by atoms with Crippen molar-refractivity contribution in [2.45, 2.75) is 50.8 Å². The van der Waals surface area contributed by atoms with Gasteiger partial charge in [0.1, 0.15) is 22.2 Å². The second-order valence-electron chi connectivity index (χ2n) is 11.6. The number of aliphatic hydroxyl groups excluding tert-OH is 2. The Morgan fingerprint density at radius 2 is 1.76 bits per heavy atom. The monoisotopic (exact) mass is 649 g/mol. The smallest absolute Gasteiger partial charge is 0.255 e. The van der Waals surface area contributed by atoms with Gasteiger partial charge in [-0.25, -0.2) is 4.98 Å². The van der Waals surface area contributed by atoms with Crippen LogP contribution in [0.4, 0.5) is 5.82 Å². The van der Waals surface area contributed by atoms with Crippen molar-refractivity contribution < 1.29 is 39.6 Å². The number of halogens is 3. The third-order valence-corrected chi connectivity index (χ3v) is 7.88. The molecular weight excluding hydrogens is 617 g/mol. The SMILES string of the molecule is CN(C)[C@@H]1C(=O)C(C(N)=O)=C(O)[C@@]2(O)C(=O)C3=C(O)c4c(O)c(NC(=O)CNC(C)(C)C)nc(Cl)c4C[C@H]3C[C@@H]12.Cl.Cl. The Labute approximate surface area is 259 Å². The van der Waals surface area contributed by atoms with Crippen molar-refractivity contribution in [3.05, 3.63) is 33.2 Å². The van der Waals surface area contributed by atoms with Crippen molar-refractivity contribution in [2.24, 2.45) is 17.6 Å². The molecule has 42 heavy (non-hydrogen) atoms. The van der Waals surface area contributed by atoms with E-state index in [9.17, 15) is 39.6 Å². The van der Waals surface area contributed by atoms with Crippen LogP contribution in [0.25, 0.3) is 5.76 Å². The van der Waals surface area contributed by atoms with Crippen LogP contribution in [-0.2, 0) is 25.6 Å². The van der Waals surface area contributed by atoms with Crippen LogP contribution < -0.4 is 16.4 Å². The molecule has 0 unspecified atom stereocenters. The summed E-state index contributed by atoms with van der Waals surface area (Å²) in [7, 11) is 3.03. The molecule has 0 aliphatic heterocycles. The van der Waals surface area contributed by atoms with E-state index in [1.54, 1.807) is 0 Å². The first kappa shape index (κ1) is 35.3. The fraction of sp³-hybridized carbons (Fsp3) is 0.500. The van der Waals surface area contributed by atoms with Gasteiger partial charge in [0.05, 0.1) is 18.2 Å². The summed E-state index contributed by atoms with van der Waals surface area (Å²) in [5, 5.41) is 50.1. The van der Waals surface area contributed by atoms with E-state index >= 15 is 0 Å². The summed E-state index contributed by atoms with van der Waals surface area (Å²) in [6, 6.07) is -1.20. The van der Waals surface area contributed by atoms with Crippen molar-refractivity contribution in [1.82, 2.24) is 15.2 Å². The molecule has 0 spiro atoms. The second-order valence-corrected chi connectivity index (χ2v) is 11.9. The maximum atomic E-state index is 13.9. The van der Waals surface area contributed by atoms with E-state index in [0.29, 0.717) is 0 Å². The number of aromatic hydroxyl groups is 1. The zero-order valence-corrected chi connectivity index (χ0v) is 25.8. The molecule has 0 saturated heterocycles. The molecule has 8 N–H and O–H groups in total. The summed E-state index contributed by atoms with van der Waals surface area (Å²) < 4.78 is 0. The summed E-state index contributed by atoms with van der Waals surface area (Å²) in [5.74, 6) is -8.80. The Morgan fingerprint density at radius 1 is 1.17 bits per heavy atom. The van der Waals surface area contributed by atoms with Gasteiger partial charge >= 0.3 is 0 Å². The normalized spacial score (nSPS) is 25.2. The molecule has 0 aromatic carbocycles. The number of anilines is 1. The Kier molecular flexibility index (Phi) is 10.1. The number of pyridine rings is 1. The van der Waals surface area contributed by atoms with E-state index in [1.165, 1.54) is 19.0 Å². The van der Waals surface area contributed by atoms with Gasteiger partial charge in [-0.15, -0.1) is 24.8 Å². The number of nitrogens with two attached hydrogens (primary N) is 1. The lowest BCUT2D eigenvalue weighted by Crippen LogP contribution is -2.65. The predicted molar refractivity (Wildman–Crippen MR) is 158 cm³/mol. The summed E-state index contributed by atoms with van der Waals surface area (Å²) in [6.45, 7) is 5.44. The van der Waals surface area contributed by atoms with Crippen LogP contribution in [-0.4, -0.2) is 91.5 Å². The molecule has 0 bridgehead atoms. The zero-order chi connectivity index (χ0) is 30.1. The number of ketones is 2. The molecule has 13 nitrogen and oxygen atoms in total. The minimum atomic E-state index is -2.76. The molecule has 1 aromatic rings. The first-order valence-electron chi connectivity index (χ1n) is 12.5. The largest absolute Gasteiger partial charge is 0.508 e. The highest BCUT2D eigenvalue weighted by atomic mass is 35.5. The highest BCUT2D eigenvalue weighted by Crippen LogP contribution is 2.53. The average Bonchev–Trinajstić information content (AvgIpc) is 2.82. The number of rotatable bonds is 5. The predicted octanol–water partition coefficient (Wildman–Crippen LogP) is 1.18. The molecule has 1 aromatic heterocycles. The topological polar surface area (TPSA) is 215 Å². The van der Waals surface area contributed by atoms with Crippen molar-refractivity contribution in [1.29, 1.82) is 0 Å². The van der Waals surface area contributed by atoms with Crippen LogP contribution in [0.15, 0.2) is 16.9 Å². The fourth-order valence-corrected chi connectivity index (χ4v) is 6.02. The number of carbonyl (C=O) groups is 4. The molecule has 0 radical (unpaired) electrons. The molecule has 4 rings (SSSR count). The maximum Gasteiger partial charge on any atom is 0.255 e. The lowest BCUT2D eigenvalue weighted by molar-refractivity contribution is -0.153. The van der Waals surface area contributed by atoms with Gasteiger partial charge in [-0.05, 0) is 53.6 Å². The lowest BCUT2D eigenvalue weighted by atomic mass is 9.57. The van der Waals surface area contributed by atoms with E-state index in [4.69, 9.17) is 17.3 Å². The minimum Gasteiger partial charge on any atom is -0.508 e. The highest BCUT2D eigenvalue weighted by Gasteiger charge is 2.64. The van der Waals surface area contributed by atoms with Crippen molar-refractivity contribution in [2.75, 3.05) is 26.0 Å². The first-order valence-corrected chi connectivity index (χ1v) is 12.9. The second kappa shape index (κ2) is 12.0. The van der Waals surface area contributed by atoms with Gasteiger partial charge < -0.3 is 36.8 Å². The van der Waals surface area contributed by atoms with Gasteiger partial charge in [0.25, 0.3) is 5.91 Å². The van der Waals surface area contributed by atoms with Crippen LogP contribution in [0.3, 0.4) is 0 Å². The molecule has 4 atom stereocenters. The number of fused-ring (bicyclic) bond motifs is 3. The van der Waals surface area contributed by atoms with E-state index in [-0.39, 0.29) is 77.4 Å². The van der Waals surface area contributed by atoms with Crippen LogP contribution in [0.1, 0.15) is 38.3 Å². The number of amides is 2. The average molecular weight is 651 g/mol. The summed E-state index contributed by atoms with van der Waals surface area (Å²) in [5.41, 5.74) is 0.880. The summed E-state index contributed by atoms with van der Waals surface area (Å²) in [6.07, 6.45) is -0.104. The molecule has 1 fully saturated rings. The van der Waals surface area contributed by atoms with Gasteiger partial charge in [0, 0.05) is 22.6 Å². The highest BCUT2D eigenvalue weighted by molar-refractivity contribution is 6.31. The van der Waals surface area contributed by atoms with Gasteiger partial charge in [-0.3, -0.25) is 24.1 Å². The number of hydrogen-bond donors (Lipinski definition) is 7. The zero-order valence-electron chi connectivity index (χ0n) is 23.4. The fourth-order valence-electron chi connectivity index (χ4n) is 5.77. The number of hydrogen-bond acceptors (Lipinski definition) is 11. The number of nitrogens with one attached hydrogen (secondary N) is 2. The molecule has 1 heterocycles. The number of primary amides is 1. The molecule has 1 saturated carbocycles. The molecule has 232 valence electrons. The van der Waals surface area contributed by atoms with Crippen molar-refractivity contribution in [3.63, 3.8) is 0 Å². The standard InChI is InChI=1S/C26H32ClN5O8.2ClH/c1-25(2,3)29-8-12(33)30-24-19(36)14-10(22(27)31-24)6-9-7-11-16(32(4)5)18(35)15(23(28)39)21(38)26(11,40)20(37)13(9)17(14)34;;/h9,11,16,29,34,36,38,40H,6-8H2,1-5H3,(H2,28,39)(H,30,31,33);2*1H/t9-,11-,16-,26-;;/m0../s1. The number of aliphatic hydroxyl groups is 3. The van der Waals surface area contributed by atoms with Gasteiger partial charge in [-0.1, -0.05) is 11.6 Å². The van der Waals surface area contributed by atoms with Gasteiger partial charge in [0.2, 0.25) is 11.7 Å². The number of carbonyl (C=O) groups excluding carboxylic acids is 4.